The fourth-order valence-electron chi connectivity index (χ4n) is 3.18. The Morgan fingerprint density at radius 2 is 1.80 bits per heavy atom. The van der Waals surface area contributed by atoms with Gasteiger partial charge < -0.3 is 10.1 Å². The van der Waals surface area contributed by atoms with Gasteiger partial charge in [0.1, 0.15) is 5.75 Å². The number of nitrogens with one attached hydrogen (secondary N) is 1. The lowest BCUT2D eigenvalue weighted by atomic mass is 10.1. The van der Waals surface area contributed by atoms with E-state index >= 15 is 0 Å². The summed E-state index contributed by atoms with van der Waals surface area (Å²) in [5, 5.41) is 3.56. The minimum atomic E-state index is 0.00602. The van der Waals surface area contributed by atoms with Crippen molar-refractivity contribution in [2.75, 3.05) is 7.11 Å². The minimum absolute atomic E-state index is 0.00602. The van der Waals surface area contributed by atoms with Gasteiger partial charge in [-0.25, -0.2) is 4.79 Å². The van der Waals surface area contributed by atoms with Crippen molar-refractivity contribution in [2.45, 2.75) is 25.9 Å². The summed E-state index contributed by atoms with van der Waals surface area (Å²) in [5.74, 6) is 0.889. The molecule has 25 heavy (non-hydrogen) atoms. The highest BCUT2D eigenvalue weighted by Crippen LogP contribution is 2.16. The van der Waals surface area contributed by atoms with Crippen LogP contribution in [0.5, 0.6) is 5.75 Å². The summed E-state index contributed by atoms with van der Waals surface area (Å²) >= 11 is 0. The molecule has 0 saturated heterocycles. The Balaban J connectivity index is 1.67. The Bertz CT molecular complexity index is 940. The molecule has 0 bridgehead atoms. The predicted octanol–water partition coefficient (Wildman–Crippen LogP) is 2.61. The van der Waals surface area contributed by atoms with Gasteiger partial charge in [-0.05, 0) is 48.7 Å². The zero-order chi connectivity index (χ0) is 18.0. The molecule has 5 heteroatoms. The van der Waals surface area contributed by atoms with Crippen molar-refractivity contribution >= 4 is 11.0 Å². The summed E-state index contributed by atoms with van der Waals surface area (Å²) in [6.45, 7) is 2.94. The average Bonchev–Trinajstić information content (AvgIpc) is 2.84. The summed E-state index contributed by atoms with van der Waals surface area (Å²) in [4.78, 5) is 12.0. The second-order valence-corrected chi connectivity index (χ2v) is 6.56. The first kappa shape index (κ1) is 17.3. The summed E-state index contributed by atoms with van der Waals surface area (Å²) in [5.41, 5.74) is 4.35. The largest absolute Gasteiger partial charge is 0.497 e. The van der Waals surface area contributed by atoms with E-state index in [0.29, 0.717) is 6.04 Å². The second kappa shape index (κ2) is 7.15. The molecule has 1 atom stereocenters. The number of hydrogen-bond acceptors (Lipinski definition) is 3. The lowest BCUT2D eigenvalue weighted by molar-refractivity contribution is 0.414. The SMILES string of the molecule is COc1cccc(CC(C)NCc2ccc3c(c2)n(C)c(=O)n3C)c1. The molecule has 1 unspecified atom stereocenters. The number of methoxy groups -OCH3 is 1. The van der Waals surface area contributed by atoms with Gasteiger partial charge in [0.05, 0.1) is 18.1 Å². The highest BCUT2D eigenvalue weighted by atomic mass is 16.5. The van der Waals surface area contributed by atoms with E-state index < -0.39 is 0 Å². The fourth-order valence-corrected chi connectivity index (χ4v) is 3.18. The number of aromatic nitrogens is 2. The van der Waals surface area contributed by atoms with Crippen molar-refractivity contribution in [3.8, 4) is 5.75 Å². The Labute approximate surface area is 147 Å². The van der Waals surface area contributed by atoms with E-state index in [4.69, 9.17) is 4.74 Å². The van der Waals surface area contributed by atoms with Gasteiger partial charge in [-0.3, -0.25) is 9.13 Å². The van der Waals surface area contributed by atoms with Gasteiger partial charge in [-0.1, -0.05) is 18.2 Å². The maximum absolute atomic E-state index is 12.0. The molecule has 0 spiro atoms. The topological polar surface area (TPSA) is 48.2 Å². The molecule has 2 aromatic carbocycles. The van der Waals surface area contributed by atoms with Crippen molar-refractivity contribution < 1.29 is 4.74 Å². The van der Waals surface area contributed by atoms with E-state index in [1.165, 1.54) is 11.1 Å². The summed E-state index contributed by atoms with van der Waals surface area (Å²) < 4.78 is 8.65. The third kappa shape index (κ3) is 3.61. The number of nitrogens with zero attached hydrogens (tertiary/aromatic N) is 2. The molecule has 0 aliphatic heterocycles. The van der Waals surface area contributed by atoms with Crippen LogP contribution in [0.2, 0.25) is 0 Å². The lowest BCUT2D eigenvalue weighted by Crippen LogP contribution is -2.27. The summed E-state index contributed by atoms with van der Waals surface area (Å²) in [6.07, 6.45) is 0.934. The monoisotopic (exact) mass is 339 g/mol. The zero-order valence-corrected chi connectivity index (χ0v) is 15.2. The molecule has 1 N–H and O–H groups in total. The molecule has 0 saturated carbocycles. The lowest BCUT2D eigenvalue weighted by Gasteiger charge is -2.15. The van der Waals surface area contributed by atoms with E-state index in [9.17, 15) is 4.79 Å². The van der Waals surface area contributed by atoms with Crippen molar-refractivity contribution in [3.05, 3.63) is 64.1 Å². The second-order valence-electron chi connectivity index (χ2n) is 6.56. The molecular weight excluding hydrogens is 314 g/mol. The number of fused-ring (bicyclic) bond motifs is 1. The number of aryl methyl sites for hydroxylation is 2. The van der Waals surface area contributed by atoms with Crippen LogP contribution >= 0.6 is 0 Å². The van der Waals surface area contributed by atoms with Crippen LogP contribution in [-0.2, 0) is 27.1 Å². The minimum Gasteiger partial charge on any atom is -0.497 e. The first-order valence-electron chi connectivity index (χ1n) is 8.50. The molecule has 0 fully saturated rings. The van der Waals surface area contributed by atoms with E-state index in [1.54, 1.807) is 23.3 Å². The van der Waals surface area contributed by atoms with E-state index in [-0.39, 0.29) is 5.69 Å². The van der Waals surface area contributed by atoms with Gasteiger partial charge in [0.2, 0.25) is 0 Å². The van der Waals surface area contributed by atoms with Crippen molar-refractivity contribution in [1.82, 2.24) is 14.5 Å². The van der Waals surface area contributed by atoms with E-state index in [1.807, 2.05) is 25.2 Å². The number of ether oxygens (including phenoxy) is 1. The third-order valence-electron chi connectivity index (χ3n) is 4.67. The van der Waals surface area contributed by atoms with Crippen molar-refractivity contribution in [1.29, 1.82) is 0 Å². The van der Waals surface area contributed by atoms with Crippen LogP contribution in [0.3, 0.4) is 0 Å². The van der Waals surface area contributed by atoms with Crippen LogP contribution in [0.25, 0.3) is 11.0 Å². The Kier molecular flexibility index (Phi) is 4.95. The molecule has 1 heterocycles. The van der Waals surface area contributed by atoms with Crippen LogP contribution in [0.1, 0.15) is 18.1 Å². The first-order chi connectivity index (χ1) is 12.0. The van der Waals surface area contributed by atoms with Crippen molar-refractivity contribution in [3.63, 3.8) is 0 Å². The number of rotatable bonds is 6. The van der Waals surface area contributed by atoms with Crippen LogP contribution in [-0.4, -0.2) is 22.3 Å². The molecular formula is C20H25N3O2. The van der Waals surface area contributed by atoms with Gasteiger partial charge >= 0.3 is 5.69 Å². The Morgan fingerprint density at radius 1 is 1.04 bits per heavy atom. The fraction of sp³-hybridized carbons (Fsp3) is 0.350. The molecule has 5 nitrogen and oxygen atoms in total. The number of hydrogen-bond donors (Lipinski definition) is 1. The quantitative estimate of drug-likeness (QED) is 0.751. The Morgan fingerprint density at radius 3 is 2.56 bits per heavy atom. The predicted molar refractivity (Wildman–Crippen MR) is 101 cm³/mol. The van der Waals surface area contributed by atoms with Crippen LogP contribution in [0, 0.1) is 0 Å². The molecule has 1 aromatic heterocycles. The van der Waals surface area contributed by atoms with E-state index in [2.05, 4.69) is 36.5 Å². The van der Waals surface area contributed by atoms with Crippen LogP contribution in [0.15, 0.2) is 47.3 Å². The molecule has 0 aliphatic carbocycles. The first-order valence-corrected chi connectivity index (χ1v) is 8.50. The number of imidazole rings is 1. The summed E-state index contributed by atoms with van der Waals surface area (Å²) in [6, 6.07) is 14.7. The standard InChI is InChI=1S/C20H25N3O2/c1-14(10-15-6-5-7-17(11-15)25-4)21-13-16-8-9-18-19(12-16)23(3)20(24)22(18)2/h5-9,11-12,14,21H,10,13H2,1-4H3. The van der Waals surface area contributed by atoms with Gasteiger partial charge in [-0.2, -0.15) is 0 Å². The molecule has 3 aromatic rings. The van der Waals surface area contributed by atoms with Gasteiger partial charge in [0, 0.05) is 26.7 Å². The zero-order valence-electron chi connectivity index (χ0n) is 15.2. The average molecular weight is 339 g/mol. The summed E-state index contributed by atoms with van der Waals surface area (Å²) in [7, 11) is 5.31. The van der Waals surface area contributed by atoms with Crippen LogP contribution < -0.4 is 15.7 Å². The third-order valence-corrected chi connectivity index (χ3v) is 4.67. The van der Waals surface area contributed by atoms with E-state index in [0.717, 1.165) is 29.7 Å². The molecule has 3 rings (SSSR count). The maximum Gasteiger partial charge on any atom is 0.328 e. The highest BCUT2D eigenvalue weighted by Gasteiger charge is 2.09. The smallest absolute Gasteiger partial charge is 0.328 e. The molecule has 0 amide bonds. The molecule has 0 radical (unpaired) electrons. The maximum atomic E-state index is 12.0. The molecule has 0 aliphatic rings. The highest BCUT2D eigenvalue weighted by molar-refractivity contribution is 5.76. The van der Waals surface area contributed by atoms with Gasteiger partial charge in [0.15, 0.2) is 0 Å². The van der Waals surface area contributed by atoms with Gasteiger partial charge in [0.25, 0.3) is 0 Å². The van der Waals surface area contributed by atoms with Crippen LogP contribution in [0.4, 0.5) is 0 Å². The normalized spacial score (nSPS) is 12.5. The number of benzene rings is 2. The van der Waals surface area contributed by atoms with Gasteiger partial charge in [-0.15, -0.1) is 0 Å². The van der Waals surface area contributed by atoms with Crippen molar-refractivity contribution in [2.24, 2.45) is 14.1 Å². The molecule has 132 valence electrons. The Hall–Kier alpha value is -2.53.